The molecule has 1 heterocycles. The highest BCUT2D eigenvalue weighted by Crippen LogP contribution is 2.15. The van der Waals surface area contributed by atoms with Crippen LogP contribution in [-0.2, 0) is 16.1 Å². The molecule has 2 amide bonds. The van der Waals surface area contributed by atoms with Crippen molar-refractivity contribution in [2.75, 3.05) is 13.2 Å². The van der Waals surface area contributed by atoms with E-state index in [1.807, 2.05) is 30.3 Å². The summed E-state index contributed by atoms with van der Waals surface area (Å²) in [7, 11) is 0. The van der Waals surface area contributed by atoms with Gasteiger partial charge in [-0.2, -0.15) is 0 Å². The first kappa shape index (κ1) is 18.6. The molecule has 2 aromatic carbocycles. The van der Waals surface area contributed by atoms with Crippen LogP contribution in [0.1, 0.15) is 28.8 Å². The summed E-state index contributed by atoms with van der Waals surface area (Å²) in [6.45, 7) is 1.06. The number of benzene rings is 2. The van der Waals surface area contributed by atoms with Crippen molar-refractivity contribution in [3.63, 3.8) is 0 Å². The van der Waals surface area contributed by atoms with Crippen molar-refractivity contribution < 1.29 is 19.1 Å². The molecule has 0 aromatic heterocycles. The number of nitrogens with zero attached hydrogens (tertiary/aromatic N) is 1. The number of nitrogens with one attached hydrogen (secondary N) is 1. The molecule has 6 heteroatoms. The number of likely N-dealkylation sites (tertiary alicyclic amines) is 1. The maximum Gasteiger partial charge on any atom is 0.258 e. The Morgan fingerprint density at radius 2 is 1.89 bits per heavy atom. The van der Waals surface area contributed by atoms with E-state index < -0.39 is 6.04 Å². The predicted molar refractivity (Wildman–Crippen MR) is 100 cm³/mol. The van der Waals surface area contributed by atoms with Gasteiger partial charge < -0.3 is 15.0 Å². The van der Waals surface area contributed by atoms with E-state index in [1.165, 1.54) is 0 Å². The fraction of sp³-hybridized carbons (Fsp3) is 0.286. The maximum atomic E-state index is 12.6. The van der Waals surface area contributed by atoms with Gasteiger partial charge in [0.25, 0.3) is 5.91 Å². The Hall–Kier alpha value is -3.15. The van der Waals surface area contributed by atoms with Crippen LogP contribution >= 0.6 is 0 Å². The van der Waals surface area contributed by atoms with Crippen LogP contribution in [0.15, 0.2) is 54.6 Å². The summed E-state index contributed by atoms with van der Waals surface area (Å²) in [5.74, 6) is 0.0968. The van der Waals surface area contributed by atoms with Crippen LogP contribution in [0.25, 0.3) is 0 Å². The van der Waals surface area contributed by atoms with Gasteiger partial charge in [-0.3, -0.25) is 14.4 Å². The third kappa shape index (κ3) is 5.17. The van der Waals surface area contributed by atoms with Crippen LogP contribution < -0.4 is 10.1 Å². The minimum absolute atomic E-state index is 0.0613. The zero-order valence-electron chi connectivity index (χ0n) is 15.0. The number of amides is 2. The number of carbonyl (C=O) groups excluding carboxylic acids is 3. The summed E-state index contributed by atoms with van der Waals surface area (Å²) in [4.78, 5) is 37.2. The van der Waals surface area contributed by atoms with Crippen molar-refractivity contribution in [3.8, 4) is 5.75 Å². The molecular weight excluding hydrogens is 344 g/mol. The lowest BCUT2D eigenvalue weighted by Crippen LogP contribution is -2.52. The Labute approximate surface area is 158 Å². The summed E-state index contributed by atoms with van der Waals surface area (Å²) in [5, 5.41) is 2.77. The average molecular weight is 366 g/mol. The van der Waals surface area contributed by atoms with Crippen LogP contribution in [0.5, 0.6) is 5.75 Å². The lowest BCUT2D eigenvalue weighted by molar-refractivity contribution is -0.139. The molecule has 27 heavy (non-hydrogen) atoms. The van der Waals surface area contributed by atoms with E-state index in [0.29, 0.717) is 30.8 Å². The minimum atomic E-state index is -0.518. The van der Waals surface area contributed by atoms with Crippen LogP contribution in [0.2, 0.25) is 0 Å². The number of rotatable bonds is 7. The van der Waals surface area contributed by atoms with Gasteiger partial charge in [0.15, 0.2) is 6.61 Å². The van der Waals surface area contributed by atoms with E-state index in [4.69, 9.17) is 4.74 Å². The molecular formula is C21H22N2O4. The van der Waals surface area contributed by atoms with Crippen molar-refractivity contribution in [1.29, 1.82) is 0 Å². The van der Waals surface area contributed by atoms with E-state index in [-0.39, 0.29) is 18.4 Å². The molecule has 1 N–H and O–H groups in total. The molecule has 0 spiro atoms. The second-order valence-electron chi connectivity index (χ2n) is 6.48. The highest BCUT2D eigenvalue weighted by atomic mass is 16.5. The minimum Gasteiger partial charge on any atom is -0.484 e. The molecule has 1 aliphatic rings. The molecule has 1 fully saturated rings. The first-order chi connectivity index (χ1) is 13.2. The molecule has 0 radical (unpaired) electrons. The topological polar surface area (TPSA) is 75.7 Å². The Kier molecular flexibility index (Phi) is 6.20. The van der Waals surface area contributed by atoms with Crippen LogP contribution in [0.4, 0.5) is 0 Å². The average Bonchev–Trinajstić information content (AvgIpc) is 2.70. The Bertz CT molecular complexity index is 790. The van der Waals surface area contributed by atoms with E-state index in [2.05, 4.69) is 5.32 Å². The van der Waals surface area contributed by atoms with Gasteiger partial charge in [0.1, 0.15) is 18.1 Å². The molecule has 3 rings (SSSR count). The van der Waals surface area contributed by atoms with Gasteiger partial charge >= 0.3 is 0 Å². The monoisotopic (exact) mass is 366 g/mol. The fourth-order valence-electron chi connectivity index (χ4n) is 3.06. The first-order valence-corrected chi connectivity index (χ1v) is 8.96. The highest BCUT2D eigenvalue weighted by Gasteiger charge is 2.29. The zero-order chi connectivity index (χ0) is 19.1. The molecule has 2 aromatic rings. The van der Waals surface area contributed by atoms with Crippen molar-refractivity contribution in [2.45, 2.75) is 25.4 Å². The Balaban J connectivity index is 1.50. The number of ether oxygens (including phenoxy) is 1. The largest absolute Gasteiger partial charge is 0.484 e. The summed E-state index contributed by atoms with van der Waals surface area (Å²) in [6, 6.07) is 15.8. The second kappa shape index (κ2) is 8.98. The Morgan fingerprint density at radius 1 is 1.15 bits per heavy atom. The van der Waals surface area contributed by atoms with Crippen LogP contribution in [0.3, 0.4) is 0 Å². The van der Waals surface area contributed by atoms with Gasteiger partial charge in [-0.05, 0) is 42.7 Å². The van der Waals surface area contributed by atoms with Crippen LogP contribution in [0, 0.1) is 0 Å². The van der Waals surface area contributed by atoms with Crippen molar-refractivity contribution in [1.82, 2.24) is 10.2 Å². The predicted octanol–water partition coefficient (Wildman–Crippen LogP) is 2.19. The zero-order valence-corrected chi connectivity index (χ0v) is 15.0. The fourth-order valence-corrected chi connectivity index (χ4v) is 3.06. The van der Waals surface area contributed by atoms with E-state index in [9.17, 15) is 14.4 Å². The highest BCUT2D eigenvalue weighted by molar-refractivity contribution is 5.88. The normalized spacial score (nSPS) is 16.7. The quantitative estimate of drug-likeness (QED) is 0.762. The molecule has 0 aliphatic carbocycles. The molecule has 1 unspecified atom stereocenters. The summed E-state index contributed by atoms with van der Waals surface area (Å²) in [5.41, 5.74) is 1.61. The number of carbonyl (C=O) groups is 3. The van der Waals surface area contributed by atoms with Gasteiger partial charge in [-0.15, -0.1) is 0 Å². The molecule has 1 saturated heterocycles. The molecule has 140 valence electrons. The summed E-state index contributed by atoms with van der Waals surface area (Å²) in [6.07, 6.45) is 2.22. The van der Waals surface area contributed by atoms with Gasteiger partial charge in [0.2, 0.25) is 5.91 Å². The third-order valence-corrected chi connectivity index (χ3v) is 4.47. The SMILES string of the molecule is O=Cc1ccc(OCC(=O)NC2CCCN(Cc3ccccc3)C2=O)cc1. The number of hydrogen-bond acceptors (Lipinski definition) is 4. The smallest absolute Gasteiger partial charge is 0.258 e. The van der Waals surface area contributed by atoms with Crippen molar-refractivity contribution in [3.05, 3.63) is 65.7 Å². The van der Waals surface area contributed by atoms with Crippen molar-refractivity contribution in [2.24, 2.45) is 0 Å². The molecule has 1 aliphatic heterocycles. The summed E-state index contributed by atoms with van der Waals surface area (Å²) < 4.78 is 5.41. The second-order valence-corrected chi connectivity index (χ2v) is 6.48. The maximum absolute atomic E-state index is 12.6. The van der Waals surface area contributed by atoms with Gasteiger partial charge in [0, 0.05) is 18.7 Å². The molecule has 0 bridgehead atoms. The van der Waals surface area contributed by atoms with Gasteiger partial charge in [-0.25, -0.2) is 0 Å². The summed E-state index contributed by atoms with van der Waals surface area (Å²) >= 11 is 0. The van der Waals surface area contributed by atoms with E-state index in [1.54, 1.807) is 29.2 Å². The van der Waals surface area contributed by atoms with Crippen molar-refractivity contribution >= 4 is 18.1 Å². The lowest BCUT2D eigenvalue weighted by atomic mass is 10.0. The molecule has 0 saturated carbocycles. The van der Waals surface area contributed by atoms with Gasteiger partial charge in [-0.1, -0.05) is 30.3 Å². The van der Waals surface area contributed by atoms with Gasteiger partial charge in [0.05, 0.1) is 0 Å². The van der Waals surface area contributed by atoms with Crippen LogP contribution in [-0.4, -0.2) is 42.2 Å². The van der Waals surface area contributed by atoms with E-state index in [0.717, 1.165) is 18.3 Å². The molecule has 6 nitrogen and oxygen atoms in total. The molecule has 1 atom stereocenters. The number of aldehydes is 1. The third-order valence-electron chi connectivity index (χ3n) is 4.47. The van der Waals surface area contributed by atoms with E-state index >= 15 is 0 Å². The standard InChI is InChI=1S/C21H22N2O4/c24-14-17-8-10-18(11-9-17)27-15-20(25)22-19-7-4-12-23(21(19)26)13-16-5-2-1-3-6-16/h1-3,5-6,8-11,14,19H,4,7,12-13,15H2,(H,22,25). The Morgan fingerprint density at radius 3 is 2.59 bits per heavy atom. The lowest BCUT2D eigenvalue weighted by Gasteiger charge is -2.32. The number of hydrogen-bond donors (Lipinski definition) is 1. The number of piperidine rings is 1. The first-order valence-electron chi connectivity index (χ1n) is 8.96.